The topological polar surface area (TPSA) is 40.5 Å². The van der Waals surface area contributed by atoms with Crippen molar-refractivity contribution in [2.24, 2.45) is 0 Å². The number of aromatic hydroxyl groups is 2. The highest BCUT2D eigenvalue weighted by Gasteiger charge is 2.46. The summed E-state index contributed by atoms with van der Waals surface area (Å²) in [7, 11) is 0. The zero-order valence-electron chi connectivity index (χ0n) is 14.4. The van der Waals surface area contributed by atoms with Crippen LogP contribution >= 0.6 is 0 Å². The molecule has 23 heavy (non-hydrogen) atoms. The molecule has 2 heteroatoms. The van der Waals surface area contributed by atoms with Crippen LogP contribution in [0, 0.1) is 0 Å². The van der Waals surface area contributed by atoms with Crippen LogP contribution in [0.3, 0.4) is 0 Å². The van der Waals surface area contributed by atoms with Crippen molar-refractivity contribution in [2.45, 2.75) is 57.8 Å². The molecule has 2 N–H and O–H groups in total. The predicted molar refractivity (Wildman–Crippen MR) is 94.4 cm³/mol. The van der Waals surface area contributed by atoms with Gasteiger partial charge in [0.25, 0.3) is 0 Å². The molecule has 0 aromatic heterocycles. The van der Waals surface area contributed by atoms with Crippen molar-refractivity contribution in [1.82, 2.24) is 0 Å². The lowest BCUT2D eigenvalue weighted by Crippen LogP contribution is -2.10. The fourth-order valence-corrected chi connectivity index (χ4v) is 3.50. The lowest BCUT2D eigenvalue weighted by molar-refractivity contribution is 0.464. The molecule has 0 heterocycles. The molecule has 1 aliphatic rings. The molecule has 0 aliphatic heterocycles. The summed E-state index contributed by atoms with van der Waals surface area (Å²) in [4.78, 5) is 0. The molecule has 1 aliphatic carbocycles. The SMILES string of the molecule is CC(C)c1cc(C2(c3ccc(O)c(C(C)C)c3)CC2)ccc1O. The number of hydrogen-bond donors (Lipinski definition) is 2. The molecule has 3 rings (SSSR count). The van der Waals surface area contributed by atoms with E-state index in [4.69, 9.17) is 0 Å². The number of phenols is 2. The molecule has 0 bridgehead atoms. The van der Waals surface area contributed by atoms with Crippen LogP contribution in [-0.4, -0.2) is 10.2 Å². The van der Waals surface area contributed by atoms with Crippen molar-refractivity contribution in [3.63, 3.8) is 0 Å². The van der Waals surface area contributed by atoms with Crippen LogP contribution in [0.2, 0.25) is 0 Å². The fourth-order valence-electron chi connectivity index (χ4n) is 3.50. The van der Waals surface area contributed by atoms with Gasteiger partial charge in [0.2, 0.25) is 0 Å². The molecule has 0 spiro atoms. The zero-order valence-corrected chi connectivity index (χ0v) is 14.4. The zero-order chi connectivity index (χ0) is 16.8. The van der Waals surface area contributed by atoms with Gasteiger partial charge in [-0.1, -0.05) is 52.0 Å². The van der Waals surface area contributed by atoms with Gasteiger partial charge in [-0.15, -0.1) is 0 Å². The molecule has 1 fully saturated rings. The molecule has 0 saturated heterocycles. The van der Waals surface area contributed by atoms with Gasteiger partial charge in [-0.2, -0.15) is 0 Å². The Morgan fingerprint density at radius 3 is 1.43 bits per heavy atom. The van der Waals surface area contributed by atoms with E-state index in [0.29, 0.717) is 23.3 Å². The van der Waals surface area contributed by atoms with Gasteiger partial charge >= 0.3 is 0 Å². The summed E-state index contributed by atoms with van der Waals surface area (Å²) in [5.41, 5.74) is 4.63. The van der Waals surface area contributed by atoms with E-state index in [1.807, 2.05) is 12.1 Å². The number of hydrogen-bond acceptors (Lipinski definition) is 2. The first-order valence-electron chi connectivity index (χ1n) is 8.52. The summed E-state index contributed by atoms with van der Waals surface area (Å²) in [5, 5.41) is 20.2. The maximum Gasteiger partial charge on any atom is 0.119 e. The van der Waals surface area contributed by atoms with Crippen molar-refractivity contribution in [2.75, 3.05) is 0 Å². The molecule has 0 amide bonds. The van der Waals surface area contributed by atoms with E-state index >= 15 is 0 Å². The van der Waals surface area contributed by atoms with Gasteiger partial charge < -0.3 is 10.2 Å². The van der Waals surface area contributed by atoms with Gasteiger partial charge in [0.05, 0.1) is 0 Å². The van der Waals surface area contributed by atoms with E-state index in [1.165, 1.54) is 11.1 Å². The van der Waals surface area contributed by atoms with Gasteiger partial charge in [-0.25, -0.2) is 0 Å². The van der Waals surface area contributed by atoms with Crippen LogP contribution in [0.5, 0.6) is 11.5 Å². The van der Waals surface area contributed by atoms with Crippen molar-refractivity contribution in [3.8, 4) is 11.5 Å². The summed E-state index contributed by atoms with van der Waals surface area (Å²) in [5.74, 6) is 1.37. The summed E-state index contributed by atoms with van der Waals surface area (Å²) in [6.07, 6.45) is 2.25. The second kappa shape index (κ2) is 5.59. The summed E-state index contributed by atoms with van der Waals surface area (Å²) < 4.78 is 0. The lowest BCUT2D eigenvalue weighted by atomic mass is 9.84. The molecule has 0 atom stereocenters. The second-order valence-corrected chi connectivity index (χ2v) is 7.44. The minimum Gasteiger partial charge on any atom is -0.508 e. The lowest BCUT2D eigenvalue weighted by Gasteiger charge is -2.21. The van der Waals surface area contributed by atoms with Crippen LogP contribution in [-0.2, 0) is 5.41 Å². The standard InChI is InChI=1S/C21H26O2/c1-13(2)17-11-15(5-7-19(17)22)21(9-10-21)16-6-8-20(23)18(12-16)14(3)4/h5-8,11-14,22-23H,9-10H2,1-4H3. The average Bonchev–Trinajstić information content (AvgIpc) is 3.29. The molecule has 1 saturated carbocycles. The molecule has 2 nitrogen and oxygen atoms in total. The smallest absolute Gasteiger partial charge is 0.119 e. The number of rotatable bonds is 4. The Kier molecular flexibility index (Phi) is 3.87. The summed E-state index contributed by atoms with van der Waals surface area (Å²) in [6.45, 7) is 8.43. The molecular formula is C21H26O2. The van der Waals surface area contributed by atoms with E-state index in [1.54, 1.807) is 0 Å². The van der Waals surface area contributed by atoms with E-state index in [2.05, 4.69) is 52.0 Å². The van der Waals surface area contributed by atoms with Crippen molar-refractivity contribution in [1.29, 1.82) is 0 Å². The van der Waals surface area contributed by atoms with E-state index in [-0.39, 0.29) is 5.41 Å². The van der Waals surface area contributed by atoms with Crippen molar-refractivity contribution < 1.29 is 10.2 Å². The number of phenolic OH excluding ortho intramolecular Hbond substituents is 2. The second-order valence-electron chi connectivity index (χ2n) is 7.44. The van der Waals surface area contributed by atoms with Crippen LogP contribution in [0.4, 0.5) is 0 Å². The normalized spacial score (nSPS) is 16.1. The summed E-state index contributed by atoms with van der Waals surface area (Å²) in [6, 6.07) is 12.1. The first kappa shape index (κ1) is 15.9. The van der Waals surface area contributed by atoms with E-state index in [0.717, 1.165) is 24.0 Å². The molecule has 122 valence electrons. The average molecular weight is 310 g/mol. The fraction of sp³-hybridized carbons (Fsp3) is 0.429. The maximum atomic E-state index is 10.1. The highest BCUT2D eigenvalue weighted by atomic mass is 16.3. The Labute approximate surface area is 138 Å². The van der Waals surface area contributed by atoms with Gasteiger partial charge in [-0.05, 0) is 59.1 Å². The Morgan fingerprint density at radius 2 is 1.13 bits per heavy atom. The highest BCUT2D eigenvalue weighted by Crippen LogP contribution is 2.55. The van der Waals surface area contributed by atoms with Crippen molar-refractivity contribution >= 4 is 0 Å². The molecule has 2 aromatic carbocycles. The maximum absolute atomic E-state index is 10.1. The molecule has 2 aromatic rings. The first-order valence-corrected chi connectivity index (χ1v) is 8.52. The third-order valence-electron chi connectivity index (χ3n) is 5.15. The predicted octanol–water partition coefficient (Wildman–Crippen LogP) is 5.42. The molecule has 0 radical (unpaired) electrons. The monoisotopic (exact) mass is 310 g/mol. The largest absolute Gasteiger partial charge is 0.508 e. The van der Waals surface area contributed by atoms with Gasteiger partial charge in [0.1, 0.15) is 11.5 Å². The quantitative estimate of drug-likeness (QED) is 0.791. The summed E-state index contributed by atoms with van der Waals surface area (Å²) >= 11 is 0. The third-order valence-corrected chi connectivity index (χ3v) is 5.15. The minimum atomic E-state index is 0.0503. The first-order chi connectivity index (χ1) is 10.8. The van der Waals surface area contributed by atoms with Gasteiger partial charge in [-0.3, -0.25) is 0 Å². The van der Waals surface area contributed by atoms with E-state index in [9.17, 15) is 10.2 Å². The Hall–Kier alpha value is -1.96. The van der Waals surface area contributed by atoms with Crippen LogP contribution < -0.4 is 0 Å². The van der Waals surface area contributed by atoms with Gasteiger partial charge in [0.15, 0.2) is 0 Å². The molecule has 0 unspecified atom stereocenters. The van der Waals surface area contributed by atoms with Crippen LogP contribution in [0.1, 0.15) is 74.6 Å². The Morgan fingerprint density at radius 1 is 0.739 bits per heavy atom. The highest BCUT2D eigenvalue weighted by molar-refractivity contribution is 5.52. The van der Waals surface area contributed by atoms with E-state index < -0.39 is 0 Å². The molecular weight excluding hydrogens is 284 g/mol. The Balaban J connectivity index is 2.07. The van der Waals surface area contributed by atoms with Crippen LogP contribution in [0.25, 0.3) is 0 Å². The van der Waals surface area contributed by atoms with Crippen LogP contribution in [0.15, 0.2) is 36.4 Å². The van der Waals surface area contributed by atoms with Gasteiger partial charge in [0, 0.05) is 5.41 Å². The Bertz CT molecular complexity index is 665. The number of benzene rings is 2. The third kappa shape index (κ3) is 2.71. The minimum absolute atomic E-state index is 0.0503. The van der Waals surface area contributed by atoms with Crippen molar-refractivity contribution in [3.05, 3.63) is 58.7 Å².